The third kappa shape index (κ3) is 12.7. The zero-order valence-corrected chi connectivity index (χ0v) is 18.6. The minimum absolute atomic E-state index is 0.255. The summed E-state index contributed by atoms with van der Waals surface area (Å²) in [5.74, 6) is 0. The normalized spacial score (nSPS) is 23.2. The zero-order chi connectivity index (χ0) is 21.2. The minimum Gasteiger partial charge on any atom is -0.394 e. The van der Waals surface area contributed by atoms with Crippen LogP contribution in [-0.2, 0) is 9.47 Å². The molecule has 0 bridgehead atoms. The van der Waals surface area contributed by atoms with Gasteiger partial charge in [0.1, 0.15) is 24.4 Å². The second-order valence-electron chi connectivity index (χ2n) is 8.39. The van der Waals surface area contributed by atoms with Gasteiger partial charge in [-0.25, -0.2) is 0 Å². The number of unbranched alkanes of at least 4 members (excludes halogenated alkanes) is 12. The van der Waals surface area contributed by atoms with Crippen LogP contribution in [0.15, 0.2) is 12.2 Å². The summed E-state index contributed by atoms with van der Waals surface area (Å²) in [6.07, 6.45) is 19.7. The maximum Gasteiger partial charge on any atom is 0.114 e. The summed E-state index contributed by atoms with van der Waals surface area (Å²) < 4.78 is 11.0. The Morgan fingerprint density at radius 1 is 0.897 bits per heavy atom. The van der Waals surface area contributed by atoms with Gasteiger partial charge in [0, 0.05) is 0 Å². The number of aliphatic hydroxyl groups excluding tert-OH is 3. The standard InChI is InChI=1S/C24H46O5/c1-2-3-4-5-6-7-8-9-10-11-12-13-14-15-16-17-18-28-22-20-29-24(23(22)27)21(26)19-25/h15-16,21-27H,2-14,17-20H2,1H3/b16-15+/t21-,22+,23-,24-/m1/s1. The maximum absolute atomic E-state index is 10.0. The number of hydrogen-bond donors (Lipinski definition) is 3. The summed E-state index contributed by atoms with van der Waals surface area (Å²) in [6, 6.07) is 0. The van der Waals surface area contributed by atoms with Crippen LogP contribution in [-0.4, -0.2) is 59.6 Å². The van der Waals surface area contributed by atoms with Crippen molar-refractivity contribution >= 4 is 0 Å². The monoisotopic (exact) mass is 414 g/mol. The largest absolute Gasteiger partial charge is 0.394 e. The fourth-order valence-corrected chi connectivity index (χ4v) is 3.83. The Morgan fingerprint density at radius 3 is 2.03 bits per heavy atom. The third-order valence-corrected chi connectivity index (χ3v) is 5.74. The summed E-state index contributed by atoms with van der Waals surface area (Å²) >= 11 is 0. The molecule has 0 saturated carbocycles. The Labute approximate surface area is 178 Å². The van der Waals surface area contributed by atoms with E-state index < -0.39 is 31.0 Å². The molecule has 0 amide bonds. The number of rotatable bonds is 19. The van der Waals surface area contributed by atoms with Gasteiger partial charge in [0.2, 0.25) is 0 Å². The highest BCUT2D eigenvalue weighted by molar-refractivity contribution is 4.89. The highest BCUT2D eigenvalue weighted by Gasteiger charge is 2.40. The van der Waals surface area contributed by atoms with Gasteiger partial charge in [0.25, 0.3) is 0 Å². The van der Waals surface area contributed by atoms with E-state index in [2.05, 4.69) is 19.1 Å². The lowest BCUT2D eigenvalue weighted by Gasteiger charge is -2.20. The van der Waals surface area contributed by atoms with E-state index in [1.165, 1.54) is 77.0 Å². The van der Waals surface area contributed by atoms with E-state index in [9.17, 15) is 10.2 Å². The first-order valence-electron chi connectivity index (χ1n) is 12.1. The Hall–Kier alpha value is -0.460. The molecule has 0 aromatic heterocycles. The van der Waals surface area contributed by atoms with Crippen LogP contribution >= 0.6 is 0 Å². The molecule has 3 N–H and O–H groups in total. The molecular weight excluding hydrogens is 368 g/mol. The molecule has 5 nitrogen and oxygen atoms in total. The third-order valence-electron chi connectivity index (χ3n) is 5.74. The van der Waals surface area contributed by atoms with Crippen molar-refractivity contribution in [3.05, 3.63) is 12.2 Å². The van der Waals surface area contributed by atoms with Crippen LogP contribution in [0.3, 0.4) is 0 Å². The highest BCUT2D eigenvalue weighted by Crippen LogP contribution is 2.20. The van der Waals surface area contributed by atoms with E-state index in [4.69, 9.17) is 14.6 Å². The lowest BCUT2D eigenvalue weighted by atomic mass is 10.0. The summed E-state index contributed by atoms with van der Waals surface area (Å²) in [5.41, 5.74) is 0. The van der Waals surface area contributed by atoms with Crippen LogP contribution in [0, 0.1) is 0 Å². The molecule has 0 aromatic rings. The van der Waals surface area contributed by atoms with E-state index in [0.29, 0.717) is 6.61 Å². The van der Waals surface area contributed by atoms with Crippen LogP contribution in [0.4, 0.5) is 0 Å². The molecule has 0 spiro atoms. The zero-order valence-electron chi connectivity index (χ0n) is 18.6. The molecule has 5 heteroatoms. The second-order valence-corrected chi connectivity index (χ2v) is 8.39. The Morgan fingerprint density at radius 2 is 1.45 bits per heavy atom. The van der Waals surface area contributed by atoms with Crippen molar-refractivity contribution < 1.29 is 24.8 Å². The molecule has 1 rings (SSSR count). The molecular formula is C24H46O5. The van der Waals surface area contributed by atoms with Crippen molar-refractivity contribution in [2.75, 3.05) is 19.8 Å². The van der Waals surface area contributed by atoms with Gasteiger partial charge in [-0.1, -0.05) is 89.7 Å². The number of aliphatic hydroxyl groups is 3. The molecule has 29 heavy (non-hydrogen) atoms. The molecule has 1 saturated heterocycles. The van der Waals surface area contributed by atoms with Gasteiger partial charge in [0.05, 0.1) is 19.8 Å². The van der Waals surface area contributed by atoms with E-state index >= 15 is 0 Å². The fraction of sp³-hybridized carbons (Fsp3) is 0.917. The SMILES string of the molecule is CCCCCCCCCCCCCC/C=C/CCO[C@H]1CO[C@H]([C@H](O)CO)[C@@H]1O. The van der Waals surface area contributed by atoms with E-state index in [-0.39, 0.29) is 6.61 Å². The van der Waals surface area contributed by atoms with Gasteiger partial charge in [-0.3, -0.25) is 0 Å². The van der Waals surface area contributed by atoms with Gasteiger partial charge >= 0.3 is 0 Å². The quantitative estimate of drug-likeness (QED) is 0.214. The molecule has 1 fully saturated rings. The average Bonchev–Trinajstić information content (AvgIpc) is 3.10. The van der Waals surface area contributed by atoms with Crippen LogP contribution in [0.5, 0.6) is 0 Å². The molecule has 0 unspecified atom stereocenters. The average molecular weight is 415 g/mol. The van der Waals surface area contributed by atoms with Gasteiger partial charge in [-0.05, 0) is 19.3 Å². The van der Waals surface area contributed by atoms with Crippen molar-refractivity contribution in [2.24, 2.45) is 0 Å². The Bertz CT molecular complexity index is 387. The summed E-state index contributed by atoms with van der Waals surface area (Å²) in [7, 11) is 0. The van der Waals surface area contributed by atoms with Gasteiger partial charge in [-0.15, -0.1) is 0 Å². The summed E-state index contributed by atoms with van der Waals surface area (Å²) in [6.45, 7) is 2.64. The predicted octanol–water partition coefficient (Wildman–Crippen LogP) is 4.52. The van der Waals surface area contributed by atoms with Crippen molar-refractivity contribution in [3.63, 3.8) is 0 Å². The van der Waals surface area contributed by atoms with E-state index in [1.807, 2.05) is 0 Å². The summed E-state index contributed by atoms with van der Waals surface area (Å²) in [4.78, 5) is 0. The number of allylic oxidation sites excluding steroid dienone is 1. The molecule has 1 aliphatic heterocycles. The molecule has 0 aromatic carbocycles. The second kappa shape index (κ2) is 18.3. The highest BCUT2D eigenvalue weighted by atomic mass is 16.6. The van der Waals surface area contributed by atoms with Crippen LogP contribution in [0.25, 0.3) is 0 Å². The lowest BCUT2D eigenvalue weighted by Crippen LogP contribution is -2.41. The van der Waals surface area contributed by atoms with Gasteiger partial charge < -0.3 is 24.8 Å². The minimum atomic E-state index is -1.06. The van der Waals surface area contributed by atoms with Gasteiger partial charge in [0.15, 0.2) is 0 Å². The van der Waals surface area contributed by atoms with Gasteiger partial charge in [-0.2, -0.15) is 0 Å². The van der Waals surface area contributed by atoms with Crippen molar-refractivity contribution in [1.29, 1.82) is 0 Å². The molecule has 0 radical (unpaired) electrons. The Kier molecular flexibility index (Phi) is 16.8. The molecule has 1 heterocycles. The smallest absolute Gasteiger partial charge is 0.114 e. The fourth-order valence-electron chi connectivity index (χ4n) is 3.83. The molecule has 4 atom stereocenters. The van der Waals surface area contributed by atoms with Crippen molar-refractivity contribution in [2.45, 2.75) is 121 Å². The first-order valence-corrected chi connectivity index (χ1v) is 12.1. The maximum atomic E-state index is 10.0. The molecule has 172 valence electrons. The van der Waals surface area contributed by atoms with Crippen LogP contribution < -0.4 is 0 Å². The lowest BCUT2D eigenvalue weighted by molar-refractivity contribution is -0.0726. The Balaban J connectivity index is 1.84. The summed E-state index contributed by atoms with van der Waals surface area (Å²) in [5, 5.41) is 28.6. The van der Waals surface area contributed by atoms with Crippen LogP contribution in [0.2, 0.25) is 0 Å². The first kappa shape index (κ1) is 26.6. The van der Waals surface area contributed by atoms with Crippen molar-refractivity contribution in [3.8, 4) is 0 Å². The number of ether oxygens (including phenoxy) is 2. The van der Waals surface area contributed by atoms with Crippen LogP contribution in [0.1, 0.15) is 96.8 Å². The molecule has 0 aliphatic carbocycles. The molecule has 1 aliphatic rings. The topological polar surface area (TPSA) is 79.2 Å². The van der Waals surface area contributed by atoms with Crippen molar-refractivity contribution in [1.82, 2.24) is 0 Å². The predicted molar refractivity (Wildman–Crippen MR) is 118 cm³/mol. The van der Waals surface area contributed by atoms with E-state index in [1.54, 1.807) is 0 Å². The number of hydrogen-bond acceptors (Lipinski definition) is 5. The van der Waals surface area contributed by atoms with E-state index in [0.717, 1.165) is 12.8 Å². The first-order chi connectivity index (χ1) is 14.2.